The van der Waals surface area contributed by atoms with Gasteiger partial charge < -0.3 is 15.4 Å². The quantitative estimate of drug-likeness (QED) is 0.774. The zero-order chi connectivity index (χ0) is 12.1. The van der Waals surface area contributed by atoms with Crippen molar-refractivity contribution in [1.82, 2.24) is 19.8 Å². The summed E-state index contributed by atoms with van der Waals surface area (Å²) in [6, 6.07) is 2.01. The number of likely N-dealkylation sites (N-methyl/N-ethyl adjacent to an activating group) is 1. The van der Waals surface area contributed by atoms with Crippen molar-refractivity contribution < 1.29 is 4.74 Å². The topological polar surface area (TPSA) is 67.5 Å². The molecule has 1 fully saturated rings. The monoisotopic (exact) mass is 237 g/mol. The second-order valence-electron chi connectivity index (χ2n) is 4.26. The van der Waals surface area contributed by atoms with Crippen molar-refractivity contribution in [2.24, 2.45) is 0 Å². The van der Waals surface area contributed by atoms with Gasteiger partial charge in [0.15, 0.2) is 0 Å². The van der Waals surface area contributed by atoms with Crippen molar-refractivity contribution in [3.05, 3.63) is 12.3 Å². The third-order valence-electron chi connectivity index (χ3n) is 2.89. The Kier molecular flexibility index (Phi) is 4.11. The van der Waals surface area contributed by atoms with E-state index in [1.807, 2.05) is 0 Å². The number of nitrogen functional groups attached to an aromatic ring is 1. The SMILES string of the molecule is CN1CCN(CCOc2nccc(N)n2)CC1. The third-order valence-corrected chi connectivity index (χ3v) is 2.89. The molecule has 1 aromatic heterocycles. The molecule has 0 spiro atoms. The Morgan fingerprint density at radius 3 is 2.82 bits per heavy atom. The Balaban J connectivity index is 1.69. The van der Waals surface area contributed by atoms with E-state index in [2.05, 4.69) is 26.8 Å². The van der Waals surface area contributed by atoms with E-state index >= 15 is 0 Å². The molecule has 2 heterocycles. The lowest BCUT2D eigenvalue weighted by Gasteiger charge is -2.31. The van der Waals surface area contributed by atoms with Gasteiger partial charge in [0.05, 0.1) is 0 Å². The second kappa shape index (κ2) is 5.79. The lowest BCUT2D eigenvalue weighted by atomic mass is 10.3. The van der Waals surface area contributed by atoms with Crippen LogP contribution in [0.5, 0.6) is 6.01 Å². The van der Waals surface area contributed by atoms with E-state index < -0.39 is 0 Å². The van der Waals surface area contributed by atoms with Gasteiger partial charge >= 0.3 is 6.01 Å². The maximum Gasteiger partial charge on any atom is 0.318 e. The van der Waals surface area contributed by atoms with Crippen molar-refractivity contribution in [3.63, 3.8) is 0 Å². The third kappa shape index (κ3) is 3.83. The molecule has 2 N–H and O–H groups in total. The molecule has 6 nitrogen and oxygen atoms in total. The summed E-state index contributed by atoms with van der Waals surface area (Å²) >= 11 is 0. The molecule has 1 aliphatic heterocycles. The molecule has 0 amide bonds. The molecule has 0 bridgehead atoms. The summed E-state index contributed by atoms with van der Waals surface area (Å²) in [7, 11) is 2.15. The average molecular weight is 237 g/mol. The average Bonchev–Trinajstić information content (AvgIpc) is 2.32. The van der Waals surface area contributed by atoms with E-state index in [9.17, 15) is 0 Å². The highest BCUT2D eigenvalue weighted by Gasteiger charge is 2.13. The number of nitrogens with two attached hydrogens (primary N) is 1. The number of anilines is 1. The predicted octanol–water partition coefficient (Wildman–Crippen LogP) is -0.315. The summed E-state index contributed by atoms with van der Waals surface area (Å²) in [6.07, 6.45) is 1.60. The van der Waals surface area contributed by atoms with E-state index in [0.29, 0.717) is 18.4 Å². The minimum absolute atomic E-state index is 0.360. The number of rotatable bonds is 4. The molecule has 0 aromatic carbocycles. The van der Waals surface area contributed by atoms with Crippen LogP contribution in [0.1, 0.15) is 0 Å². The first-order valence-electron chi connectivity index (χ1n) is 5.86. The Morgan fingerprint density at radius 1 is 1.35 bits per heavy atom. The molecule has 2 rings (SSSR count). The standard InChI is InChI=1S/C11H19N5O/c1-15-4-6-16(7-5-15)8-9-17-11-13-3-2-10(12)14-11/h2-3H,4-9H2,1H3,(H2,12,13,14). The second-order valence-corrected chi connectivity index (χ2v) is 4.26. The van der Waals surface area contributed by atoms with E-state index in [1.165, 1.54) is 0 Å². The number of aromatic nitrogens is 2. The molecule has 0 atom stereocenters. The fourth-order valence-electron chi connectivity index (χ4n) is 1.76. The Hall–Kier alpha value is -1.40. The minimum atomic E-state index is 0.360. The summed E-state index contributed by atoms with van der Waals surface area (Å²) < 4.78 is 5.46. The lowest BCUT2D eigenvalue weighted by Crippen LogP contribution is -2.45. The number of hydrogen-bond acceptors (Lipinski definition) is 6. The smallest absolute Gasteiger partial charge is 0.318 e. The fraction of sp³-hybridized carbons (Fsp3) is 0.636. The van der Waals surface area contributed by atoms with Crippen molar-refractivity contribution in [3.8, 4) is 6.01 Å². The van der Waals surface area contributed by atoms with Crippen LogP contribution in [0.15, 0.2) is 12.3 Å². The van der Waals surface area contributed by atoms with Crippen LogP contribution in [-0.2, 0) is 0 Å². The van der Waals surface area contributed by atoms with Gasteiger partial charge in [-0.3, -0.25) is 4.90 Å². The van der Waals surface area contributed by atoms with Gasteiger partial charge in [-0.2, -0.15) is 4.98 Å². The van der Waals surface area contributed by atoms with Crippen LogP contribution < -0.4 is 10.5 Å². The molecular formula is C11H19N5O. The maximum absolute atomic E-state index is 5.54. The van der Waals surface area contributed by atoms with Gasteiger partial charge in [-0.15, -0.1) is 0 Å². The number of hydrogen-bond donors (Lipinski definition) is 1. The zero-order valence-electron chi connectivity index (χ0n) is 10.2. The molecule has 17 heavy (non-hydrogen) atoms. The van der Waals surface area contributed by atoms with Crippen LogP contribution in [0.25, 0.3) is 0 Å². The summed E-state index contributed by atoms with van der Waals surface area (Å²) in [5.41, 5.74) is 5.54. The van der Waals surface area contributed by atoms with Crippen LogP contribution in [0.3, 0.4) is 0 Å². The summed E-state index contributed by atoms with van der Waals surface area (Å²) in [5.74, 6) is 0.439. The Labute approximate surface area is 101 Å². The molecule has 0 radical (unpaired) electrons. The molecule has 1 saturated heterocycles. The maximum atomic E-state index is 5.54. The van der Waals surface area contributed by atoms with Crippen LogP contribution in [0, 0.1) is 0 Å². The number of ether oxygens (including phenoxy) is 1. The highest BCUT2D eigenvalue weighted by atomic mass is 16.5. The van der Waals surface area contributed by atoms with Crippen molar-refractivity contribution in [2.75, 3.05) is 52.1 Å². The van der Waals surface area contributed by atoms with Gasteiger partial charge in [0, 0.05) is 38.9 Å². The molecule has 1 aliphatic rings. The molecule has 6 heteroatoms. The first-order chi connectivity index (χ1) is 8.24. The first-order valence-corrected chi connectivity index (χ1v) is 5.86. The fourth-order valence-corrected chi connectivity index (χ4v) is 1.76. The molecule has 0 unspecified atom stereocenters. The van der Waals surface area contributed by atoms with Crippen LogP contribution >= 0.6 is 0 Å². The van der Waals surface area contributed by atoms with E-state index in [0.717, 1.165) is 32.7 Å². The van der Waals surface area contributed by atoms with Gasteiger partial charge in [-0.25, -0.2) is 4.98 Å². The Bertz CT molecular complexity index is 351. The molecule has 1 aromatic rings. The number of nitrogens with zero attached hydrogens (tertiary/aromatic N) is 4. The van der Waals surface area contributed by atoms with Gasteiger partial charge in [0.25, 0.3) is 0 Å². The lowest BCUT2D eigenvalue weighted by molar-refractivity contribution is 0.131. The van der Waals surface area contributed by atoms with Crippen LogP contribution in [0.4, 0.5) is 5.82 Å². The molecule has 0 aliphatic carbocycles. The van der Waals surface area contributed by atoms with Crippen molar-refractivity contribution in [2.45, 2.75) is 0 Å². The normalized spacial score (nSPS) is 18.2. The molecule has 94 valence electrons. The largest absolute Gasteiger partial charge is 0.462 e. The van der Waals surface area contributed by atoms with E-state index in [4.69, 9.17) is 10.5 Å². The summed E-state index contributed by atoms with van der Waals surface area (Å²) in [4.78, 5) is 12.7. The van der Waals surface area contributed by atoms with Crippen LogP contribution in [0.2, 0.25) is 0 Å². The van der Waals surface area contributed by atoms with Gasteiger partial charge in [-0.05, 0) is 13.1 Å². The summed E-state index contributed by atoms with van der Waals surface area (Å²) in [5, 5.41) is 0. The minimum Gasteiger partial charge on any atom is -0.462 e. The highest BCUT2D eigenvalue weighted by Crippen LogP contribution is 2.04. The Morgan fingerprint density at radius 2 is 2.12 bits per heavy atom. The van der Waals surface area contributed by atoms with Gasteiger partial charge in [-0.1, -0.05) is 0 Å². The number of piperazine rings is 1. The summed E-state index contributed by atoms with van der Waals surface area (Å²) in [6.45, 7) is 5.94. The molecular weight excluding hydrogens is 218 g/mol. The van der Waals surface area contributed by atoms with E-state index in [-0.39, 0.29) is 0 Å². The first kappa shape index (κ1) is 12.1. The molecule has 0 saturated carbocycles. The van der Waals surface area contributed by atoms with Gasteiger partial charge in [0.2, 0.25) is 0 Å². The highest BCUT2D eigenvalue weighted by molar-refractivity contribution is 5.26. The van der Waals surface area contributed by atoms with Crippen molar-refractivity contribution >= 4 is 5.82 Å². The van der Waals surface area contributed by atoms with E-state index in [1.54, 1.807) is 12.3 Å². The predicted molar refractivity (Wildman–Crippen MR) is 65.9 cm³/mol. The van der Waals surface area contributed by atoms with Crippen molar-refractivity contribution in [1.29, 1.82) is 0 Å². The zero-order valence-corrected chi connectivity index (χ0v) is 10.2. The van der Waals surface area contributed by atoms with Gasteiger partial charge in [0.1, 0.15) is 12.4 Å². The van der Waals surface area contributed by atoms with Crippen LogP contribution in [-0.4, -0.2) is 66.1 Å².